The molecule has 1 fully saturated rings. The van der Waals surface area contributed by atoms with Crippen molar-refractivity contribution in [1.29, 1.82) is 0 Å². The minimum absolute atomic E-state index is 0.0320. The first-order valence-electron chi connectivity index (χ1n) is 6.07. The number of carbonyl (C=O) groups excluding carboxylic acids is 1. The van der Waals surface area contributed by atoms with E-state index in [-0.39, 0.29) is 17.5 Å². The fourth-order valence-electron chi connectivity index (χ4n) is 1.63. The lowest BCUT2D eigenvalue weighted by molar-refractivity contribution is -0.119. The molecule has 0 atom stereocenters. The third-order valence-corrected chi connectivity index (χ3v) is 3.49. The lowest BCUT2D eigenvalue weighted by Crippen LogP contribution is -2.31. The van der Waals surface area contributed by atoms with Gasteiger partial charge in [-0.05, 0) is 26.7 Å². The van der Waals surface area contributed by atoms with Crippen molar-refractivity contribution in [1.82, 2.24) is 14.9 Å². The maximum absolute atomic E-state index is 11.6. The van der Waals surface area contributed by atoms with E-state index in [1.807, 2.05) is 18.4 Å². The zero-order valence-electron chi connectivity index (χ0n) is 10.5. The lowest BCUT2D eigenvalue weighted by Gasteiger charge is -2.11. The van der Waals surface area contributed by atoms with Crippen LogP contribution in [0.3, 0.4) is 0 Å². The molecule has 1 aliphatic rings. The molecule has 6 heteroatoms. The van der Waals surface area contributed by atoms with Crippen LogP contribution in [0.5, 0.6) is 0 Å². The molecule has 1 aliphatic carbocycles. The van der Waals surface area contributed by atoms with E-state index in [2.05, 4.69) is 10.3 Å². The topological polar surface area (TPSA) is 64.0 Å². The highest BCUT2D eigenvalue weighted by atomic mass is 32.2. The number of nitrogens with zero attached hydrogens (tertiary/aromatic N) is 2. The van der Waals surface area contributed by atoms with Crippen LogP contribution in [0.4, 0.5) is 0 Å². The molecular formula is C12H17N3O2S. The summed E-state index contributed by atoms with van der Waals surface area (Å²) in [7, 11) is 0. The van der Waals surface area contributed by atoms with E-state index in [1.54, 1.807) is 6.20 Å². The van der Waals surface area contributed by atoms with Gasteiger partial charge in [0.05, 0.1) is 5.75 Å². The van der Waals surface area contributed by atoms with Gasteiger partial charge in [-0.2, -0.15) is 4.98 Å². The number of thioether (sulfide) groups is 1. The first kappa shape index (κ1) is 13.1. The van der Waals surface area contributed by atoms with Crippen LogP contribution < -0.4 is 10.9 Å². The molecule has 1 amide bonds. The Morgan fingerprint density at radius 1 is 1.61 bits per heavy atom. The van der Waals surface area contributed by atoms with Gasteiger partial charge < -0.3 is 9.88 Å². The first-order valence-corrected chi connectivity index (χ1v) is 7.06. The van der Waals surface area contributed by atoms with E-state index in [9.17, 15) is 9.59 Å². The molecule has 0 aromatic carbocycles. The fourth-order valence-corrected chi connectivity index (χ4v) is 2.49. The number of aromatic nitrogens is 2. The van der Waals surface area contributed by atoms with Crippen LogP contribution in [-0.2, 0) is 4.79 Å². The van der Waals surface area contributed by atoms with Crippen LogP contribution in [0.25, 0.3) is 0 Å². The molecule has 1 aromatic heterocycles. The number of rotatable bonds is 5. The van der Waals surface area contributed by atoms with Crippen LogP contribution in [0.1, 0.15) is 32.7 Å². The van der Waals surface area contributed by atoms with Crippen molar-refractivity contribution in [3.05, 3.63) is 22.6 Å². The number of amides is 1. The van der Waals surface area contributed by atoms with E-state index in [0.717, 1.165) is 12.8 Å². The van der Waals surface area contributed by atoms with Crippen LogP contribution in [0, 0.1) is 0 Å². The maximum atomic E-state index is 11.6. The highest BCUT2D eigenvalue weighted by Crippen LogP contribution is 2.36. The SMILES string of the molecule is CC(C)NC(=O)CSc1nc(=O)ccn1C1CC1. The molecule has 0 saturated heterocycles. The molecule has 1 heterocycles. The van der Waals surface area contributed by atoms with E-state index < -0.39 is 0 Å². The molecule has 1 aromatic rings. The van der Waals surface area contributed by atoms with Gasteiger partial charge in [0.2, 0.25) is 5.91 Å². The lowest BCUT2D eigenvalue weighted by atomic mass is 10.4. The quantitative estimate of drug-likeness (QED) is 0.643. The van der Waals surface area contributed by atoms with E-state index in [4.69, 9.17) is 0 Å². The number of hydrogen-bond acceptors (Lipinski definition) is 4. The monoisotopic (exact) mass is 267 g/mol. The van der Waals surface area contributed by atoms with Crippen molar-refractivity contribution >= 4 is 17.7 Å². The Morgan fingerprint density at radius 2 is 2.33 bits per heavy atom. The molecule has 0 aliphatic heterocycles. The Labute approximate surface area is 110 Å². The summed E-state index contributed by atoms with van der Waals surface area (Å²) in [5.41, 5.74) is -0.251. The largest absolute Gasteiger partial charge is 0.353 e. The van der Waals surface area contributed by atoms with Gasteiger partial charge >= 0.3 is 0 Å². The Hall–Kier alpha value is -1.30. The van der Waals surface area contributed by atoms with Crippen LogP contribution in [0.15, 0.2) is 22.2 Å². The maximum Gasteiger partial charge on any atom is 0.273 e. The van der Waals surface area contributed by atoms with Crippen LogP contribution >= 0.6 is 11.8 Å². The third kappa shape index (κ3) is 3.60. The number of carbonyl (C=O) groups is 1. The smallest absolute Gasteiger partial charge is 0.273 e. The summed E-state index contributed by atoms with van der Waals surface area (Å²) in [5, 5.41) is 3.46. The predicted molar refractivity (Wildman–Crippen MR) is 70.8 cm³/mol. The Balaban J connectivity index is 2.02. The molecule has 0 radical (unpaired) electrons. The summed E-state index contributed by atoms with van der Waals surface area (Å²) in [6.07, 6.45) is 4.02. The average Bonchev–Trinajstić information content (AvgIpc) is 3.09. The molecule has 0 bridgehead atoms. The molecule has 98 valence electrons. The molecule has 1 saturated carbocycles. The van der Waals surface area contributed by atoms with E-state index in [1.165, 1.54) is 17.8 Å². The zero-order valence-corrected chi connectivity index (χ0v) is 11.4. The van der Waals surface area contributed by atoms with Gasteiger partial charge in [-0.25, -0.2) is 0 Å². The summed E-state index contributed by atoms with van der Waals surface area (Å²) in [4.78, 5) is 26.8. The van der Waals surface area contributed by atoms with Crippen LogP contribution in [0.2, 0.25) is 0 Å². The minimum Gasteiger partial charge on any atom is -0.353 e. The van der Waals surface area contributed by atoms with Crippen LogP contribution in [-0.4, -0.2) is 27.3 Å². The summed E-state index contributed by atoms with van der Waals surface area (Å²) in [6.45, 7) is 3.84. The Bertz CT molecular complexity index is 494. The van der Waals surface area contributed by atoms with Gasteiger partial charge in [0, 0.05) is 24.3 Å². The molecule has 0 unspecified atom stereocenters. The molecule has 18 heavy (non-hydrogen) atoms. The standard InChI is InChI=1S/C12H17N3O2S/c1-8(2)13-11(17)7-18-12-14-10(16)5-6-15(12)9-3-4-9/h5-6,8-9H,3-4,7H2,1-2H3,(H,13,17). The van der Waals surface area contributed by atoms with Crippen molar-refractivity contribution < 1.29 is 4.79 Å². The van der Waals surface area contributed by atoms with Gasteiger partial charge in [-0.3, -0.25) is 9.59 Å². The van der Waals surface area contributed by atoms with Gasteiger partial charge in [-0.1, -0.05) is 11.8 Å². The van der Waals surface area contributed by atoms with Crippen molar-refractivity contribution in [3.63, 3.8) is 0 Å². The normalized spacial score (nSPS) is 14.8. The van der Waals surface area contributed by atoms with E-state index >= 15 is 0 Å². The second-order valence-corrected chi connectivity index (χ2v) is 5.64. The fraction of sp³-hybridized carbons (Fsp3) is 0.583. The third-order valence-electron chi connectivity index (χ3n) is 2.53. The highest BCUT2D eigenvalue weighted by Gasteiger charge is 2.25. The minimum atomic E-state index is -0.251. The van der Waals surface area contributed by atoms with E-state index in [0.29, 0.717) is 17.0 Å². The number of hydrogen-bond donors (Lipinski definition) is 1. The van der Waals surface area contributed by atoms with Crippen molar-refractivity contribution in [2.24, 2.45) is 0 Å². The number of nitrogens with one attached hydrogen (secondary N) is 1. The van der Waals surface area contributed by atoms with Crippen molar-refractivity contribution in [2.45, 2.75) is 43.9 Å². The molecule has 1 N–H and O–H groups in total. The highest BCUT2D eigenvalue weighted by molar-refractivity contribution is 7.99. The average molecular weight is 267 g/mol. The summed E-state index contributed by atoms with van der Waals surface area (Å²) < 4.78 is 1.99. The van der Waals surface area contributed by atoms with Gasteiger partial charge in [0.15, 0.2) is 5.16 Å². The summed E-state index contributed by atoms with van der Waals surface area (Å²) in [6, 6.07) is 2.05. The molecule has 5 nitrogen and oxygen atoms in total. The predicted octanol–water partition coefficient (Wildman–Crippen LogP) is 1.19. The Kier molecular flexibility index (Phi) is 4.06. The second kappa shape index (κ2) is 5.56. The van der Waals surface area contributed by atoms with Crippen molar-refractivity contribution in [2.75, 3.05) is 5.75 Å². The summed E-state index contributed by atoms with van der Waals surface area (Å²) >= 11 is 1.32. The zero-order chi connectivity index (χ0) is 13.1. The van der Waals surface area contributed by atoms with Gasteiger partial charge in [0.1, 0.15) is 0 Å². The van der Waals surface area contributed by atoms with Gasteiger partial charge in [0.25, 0.3) is 5.56 Å². The second-order valence-electron chi connectivity index (χ2n) is 4.70. The molecule has 2 rings (SSSR count). The first-order chi connectivity index (χ1) is 8.56. The molecule has 0 spiro atoms. The molecular weight excluding hydrogens is 250 g/mol. The Morgan fingerprint density at radius 3 is 2.94 bits per heavy atom. The van der Waals surface area contributed by atoms with Gasteiger partial charge in [-0.15, -0.1) is 0 Å². The summed E-state index contributed by atoms with van der Waals surface area (Å²) in [5.74, 6) is 0.261. The van der Waals surface area contributed by atoms with Crippen molar-refractivity contribution in [3.8, 4) is 0 Å².